The molecular weight excluding hydrogens is 174 g/mol. The first kappa shape index (κ1) is 9.69. The second kappa shape index (κ2) is 3.37. The lowest BCUT2D eigenvalue weighted by Gasteiger charge is -2.38. The maximum atomic E-state index is 9.36. The molecule has 0 amide bonds. The van der Waals surface area contributed by atoms with Crippen LogP contribution in [0.3, 0.4) is 0 Å². The molecule has 2 nitrogen and oxygen atoms in total. The van der Waals surface area contributed by atoms with Gasteiger partial charge in [-0.2, -0.15) is 0 Å². The molecule has 2 heteroatoms. The van der Waals surface area contributed by atoms with Gasteiger partial charge in [0, 0.05) is 5.54 Å². The summed E-state index contributed by atoms with van der Waals surface area (Å²) in [6.07, 6.45) is 3.01. The predicted octanol–water partition coefficient (Wildman–Crippen LogP) is 2.08. The number of aliphatic hydroxyl groups excluding tert-OH is 1. The zero-order chi connectivity index (χ0) is 10.2. The summed E-state index contributed by atoms with van der Waals surface area (Å²) >= 11 is 0. The third kappa shape index (κ3) is 1.56. The zero-order valence-corrected chi connectivity index (χ0v) is 8.53. The highest BCUT2D eigenvalue weighted by Crippen LogP contribution is 2.38. The normalized spacial score (nSPS) is 21.4. The van der Waals surface area contributed by atoms with Gasteiger partial charge in [0.15, 0.2) is 0 Å². The van der Waals surface area contributed by atoms with Crippen LogP contribution >= 0.6 is 0 Å². The van der Waals surface area contributed by atoms with E-state index in [0.29, 0.717) is 0 Å². The molecule has 0 saturated heterocycles. The molecule has 0 radical (unpaired) electrons. The molecule has 76 valence electrons. The molecule has 1 aliphatic carbocycles. The van der Waals surface area contributed by atoms with E-state index in [0.717, 1.165) is 18.4 Å². The van der Waals surface area contributed by atoms with Crippen molar-refractivity contribution in [2.75, 3.05) is 0 Å². The van der Waals surface area contributed by atoms with Crippen LogP contribution in [0.15, 0.2) is 24.3 Å². The molecule has 1 fully saturated rings. The van der Waals surface area contributed by atoms with Crippen molar-refractivity contribution in [1.82, 2.24) is 0 Å². The molecular formula is C12H17NO. The Labute approximate surface area is 84.7 Å². The molecule has 1 aromatic carbocycles. The van der Waals surface area contributed by atoms with Gasteiger partial charge in [0.1, 0.15) is 0 Å². The van der Waals surface area contributed by atoms with Crippen molar-refractivity contribution in [2.24, 2.45) is 5.73 Å². The van der Waals surface area contributed by atoms with Crippen molar-refractivity contribution in [3.8, 4) is 0 Å². The summed E-state index contributed by atoms with van der Waals surface area (Å²) in [5, 5.41) is 9.36. The topological polar surface area (TPSA) is 46.2 Å². The Bertz CT molecular complexity index is 312. The van der Waals surface area contributed by atoms with E-state index in [-0.39, 0.29) is 11.6 Å². The first-order valence-electron chi connectivity index (χ1n) is 5.19. The van der Waals surface area contributed by atoms with E-state index < -0.39 is 0 Å². The van der Waals surface area contributed by atoms with Gasteiger partial charge >= 0.3 is 0 Å². The molecule has 1 unspecified atom stereocenters. The van der Waals surface area contributed by atoms with E-state index in [2.05, 4.69) is 0 Å². The van der Waals surface area contributed by atoms with Crippen LogP contribution in [0.5, 0.6) is 0 Å². The highest BCUT2D eigenvalue weighted by atomic mass is 16.3. The molecule has 1 atom stereocenters. The van der Waals surface area contributed by atoms with Crippen molar-refractivity contribution >= 4 is 0 Å². The summed E-state index contributed by atoms with van der Waals surface area (Å²) in [5.41, 5.74) is 8.26. The van der Waals surface area contributed by atoms with E-state index in [4.69, 9.17) is 5.73 Å². The maximum absolute atomic E-state index is 9.36. The molecule has 0 heterocycles. The second-order valence-electron chi connectivity index (χ2n) is 4.31. The van der Waals surface area contributed by atoms with E-state index in [1.165, 1.54) is 12.0 Å². The molecule has 2 rings (SSSR count). The molecule has 0 spiro atoms. The fourth-order valence-corrected chi connectivity index (χ4v) is 1.94. The number of rotatable bonds is 2. The summed E-state index contributed by atoms with van der Waals surface area (Å²) in [4.78, 5) is 0. The molecule has 0 aliphatic heterocycles. The molecule has 1 aliphatic rings. The van der Waals surface area contributed by atoms with Crippen molar-refractivity contribution in [3.05, 3.63) is 35.4 Å². The first-order valence-corrected chi connectivity index (χ1v) is 5.19. The van der Waals surface area contributed by atoms with Crippen LogP contribution in [-0.2, 0) is 5.54 Å². The van der Waals surface area contributed by atoms with Gasteiger partial charge < -0.3 is 10.8 Å². The molecule has 0 bridgehead atoms. The lowest BCUT2D eigenvalue weighted by Crippen LogP contribution is -2.43. The standard InChI is InChI=1S/C12H17NO/c1-9(14)10-3-5-11(6-4-10)12(13)7-2-8-12/h3-6,9,14H,2,7-8,13H2,1H3. The first-order chi connectivity index (χ1) is 6.62. The Hall–Kier alpha value is -0.860. The van der Waals surface area contributed by atoms with Crippen LogP contribution in [0.4, 0.5) is 0 Å². The smallest absolute Gasteiger partial charge is 0.0761 e. The molecule has 1 saturated carbocycles. The van der Waals surface area contributed by atoms with Gasteiger partial charge in [0.05, 0.1) is 6.10 Å². The van der Waals surface area contributed by atoms with E-state index in [1.54, 1.807) is 6.92 Å². The summed E-state index contributed by atoms with van der Waals surface area (Å²) in [6.45, 7) is 1.77. The summed E-state index contributed by atoms with van der Waals surface area (Å²) < 4.78 is 0. The fraction of sp³-hybridized carbons (Fsp3) is 0.500. The Morgan fingerprint density at radius 2 is 1.86 bits per heavy atom. The second-order valence-corrected chi connectivity index (χ2v) is 4.31. The summed E-state index contributed by atoms with van der Waals surface area (Å²) in [5.74, 6) is 0. The van der Waals surface area contributed by atoms with Gasteiger partial charge in [0.25, 0.3) is 0 Å². The Kier molecular flexibility index (Phi) is 2.33. The molecule has 3 N–H and O–H groups in total. The van der Waals surface area contributed by atoms with E-state index >= 15 is 0 Å². The van der Waals surface area contributed by atoms with E-state index in [1.807, 2.05) is 24.3 Å². The molecule has 0 aromatic heterocycles. The minimum absolute atomic E-state index is 0.0861. The third-order valence-corrected chi connectivity index (χ3v) is 3.21. The average molecular weight is 191 g/mol. The highest BCUT2D eigenvalue weighted by molar-refractivity contribution is 5.30. The van der Waals surface area contributed by atoms with Crippen molar-refractivity contribution in [3.63, 3.8) is 0 Å². The minimum Gasteiger partial charge on any atom is -0.389 e. The Morgan fingerprint density at radius 1 is 1.29 bits per heavy atom. The third-order valence-electron chi connectivity index (χ3n) is 3.21. The number of nitrogens with two attached hydrogens (primary N) is 1. The van der Waals surface area contributed by atoms with Crippen LogP contribution in [0.25, 0.3) is 0 Å². The van der Waals surface area contributed by atoms with Gasteiger partial charge in [-0.15, -0.1) is 0 Å². The Balaban J connectivity index is 2.21. The number of hydrogen-bond donors (Lipinski definition) is 2. The number of aliphatic hydroxyl groups is 1. The van der Waals surface area contributed by atoms with Gasteiger partial charge in [0.2, 0.25) is 0 Å². The van der Waals surface area contributed by atoms with Gasteiger partial charge in [-0.25, -0.2) is 0 Å². The SMILES string of the molecule is CC(O)c1ccc(C2(N)CCC2)cc1. The van der Waals surface area contributed by atoms with Gasteiger partial charge in [-0.3, -0.25) is 0 Å². The number of benzene rings is 1. The molecule has 14 heavy (non-hydrogen) atoms. The number of hydrogen-bond acceptors (Lipinski definition) is 2. The largest absolute Gasteiger partial charge is 0.389 e. The summed E-state index contributed by atoms with van der Waals surface area (Å²) in [7, 11) is 0. The predicted molar refractivity (Wildman–Crippen MR) is 56.8 cm³/mol. The average Bonchev–Trinajstić information content (AvgIpc) is 2.14. The van der Waals surface area contributed by atoms with Crippen molar-refractivity contribution < 1.29 is 5.11 Å². The van der Waals surface area contributed by atoms with E-state index in [9.17, 15) is 5.11 Å². The van der Waals surface area contributed by atoms with Crippen LogP contribution in [-0.4, -0.2) is 5.11 Å². The summed E-state index contributed by atoms with van der Waals surface area (Å²) in [6, 6.07) is 8.02. The maximum Gasteiger partial charge on any atom is 0.0761 e. The van der Waals surface area contributed by atoms with Gasteiger partial charge in [-0.1, -0.05) is 24.3 Å². The Morgan fingerprint density at radius 3 is 2.21 bits per heavy atom. The lowest BCUT2D eigenvalue weighted by molar-refractivity contribution is 0.199. The minimum atomic E-state index is -0.390. The fourth-order valence-electron chi connectivity index (χ4n) is 1.94. The van der Waals surface area contributed by atoms with Crippen molar-refractivity contribution in [1.29, 1.82) is 0 Å². The van der Waals surface area contributed by atoms with Crippen molar-refractivity contribution in [2.45, 2.75) is 37.8 Å². The lowest BCUT2D eigenvalue weighted by atomic mass is 9.72. The van der Waals surface area contributed by atoms with Crippen LogP contribution in [0.1, 0.15) is 43.4 Å². The highest BCUT2D eigenvalue weighted by Gasteiger charge is 2.33. The quantitative estimate of drug-likeness (QED) is 0.751. The zero-order valence-electron chi connectivity index (χ0n) is 8.53. The van der Waals surface area contributed by atoms with Gasteiger partial charge in [-0.05, 0) is 37.3 Å². The van der Waals surface area contributed by atoms with Crippen LogP contribution in [0, 0.1) is 0 Å². The molecule has 1 aromatic rings. The monoisotopic (exact) mass is 191 g/mol. The van der Waals surface area contributed by atoms with Crippen LogP contribution < -0.4 is 5.73 Å². The van der Waals surface area contributed by atoms with Crippen LogP contribution in [0.2, 0.25) is 0 Å².